The fraction of sp³-hybridized carbons (Fsp3) is 0.261. The summed E-state index contributed by atoms with van der Waals surface area (Å²) in [7, 11) is 3.38. The lowest BCUT2D eigenvalue weighted by atomic mass is 9.94. The maximum absolute atomic E-state index is 11.2. The Labute approximate surface area is 160 Å². The number of ether oxygens (including phenoxy) is 2. The highest BCUT2D eigenvalue weighted by atomic mass is 16.5. The summed E-state index contributed by atoms with van der Waals surface area (Å²) in [5.74, 6) is 0.818. The summed E-state index contributed by atoms with van der Waals surface area (Å²) in [5.41, 5.74) is 4.64. The molecule has 0 radical (unpaired) electrons. The SMILES string of the molecule is COCc1cccc(-c2cc(CCNC(C)=O)c3cc(OC)ccc3c2)c1. The number of nitrogens with one attached hydrogen (secondary N) is 1. The third-order valence-electron chi connectivity index (χ3n) is 4.59. The maximum Gasteiger partial charge on any atom is 0.216 e. The average Bonchev–Trinajstić information content (AvgIpc) is 2.67. The molecule has 3 aromatic rings. The van der Waals surface area contributed by atoms with Crippen LogP contribution in [0.15, 0.2) is 54.6 Å². The minimum Gasteiger partial charge on any atom is -0.497 e. The van der Waals surface area contributed by atoms with E-state index in [1.165, 1.54) is 5.56 Å². The fourth-order valence-corrected chi connectivity index (χ4v) is 3.30. The van der Waals surface area contributed by atoms with Crippen LogP contribution in [0.25, 0.3) is 21.9 Å². The number of amides is 1. The number of rotatable bonds is 7. The molecule has 140 valence electrons. The van der Waals surface area contributed by atoms with E-state index in [9.17, 15) is 4.79 Å². The van der Waals surface area contributed by atoms with Gasteiger partial charge in [-0.1, -0.05) is 30.3 Å². The lowest BCUT2D eigenvalue weighted by Crippen LogP contribution is -2.22. The van der Waals surface area contributed by atoms with Crippen LogP contribution in [-0.2, 0) is 22.6 Å². The second kappa shape index (κ2) is 8.69. The van der Waals surface area contributed by atoms with Gasteiger partial charge in [0.1, 0.15) is 5.75 Å². The van der Waals surface area contributed by atoms with Gasteiger partial charge < -0.3 is 14.8 Å². The first-order valence-electron chi connectivity index (χ1n) is 9.04. The van der Waals surface area contributed by atoms with Crippen LogP contribution in [0, 0.1) is 0 Å². The van der Waals surface area contributed by atoms with Gasteiger partial charge in [-0.05, 0) is 63.7 Å². The van der Waals surface area contributed by atoms with E-state index in [1.807, 2.05) is 6.07 Å². The molecule has 0 unspecified atom stereocenters. The number of carbonyl (C=O) groups is 1. The molecule has 0 aliphatic rings. The van der Waals surface area contributed by atoms with Crippen molar-refractivity contribution in [1.29, 1.82) is 0 Å². The van der Waals surface area contributed by atoms with Crippen LogP contribution in [0.1, 0.15) is 18.1 Å². The van der Waals surface area contributed by atoms with E-state index in [2.05, 4.69) is 53.8 Å². The summed E-state index contributed by atoms with van der Waals surface area (Å²) in [6.07, 6.45) is 0.759. The molecule has 0 bridgehead atoms. The second-order valence-electron chi connectivity index (χ2n) is 6.59. The van der Waals surface area contributed by atoms with Crippen molar-refractivity contribution in [2.75, 3.05) is 20.8 Å². The van der Waals surface area contributed by atoms with Crippen molar-refractivity contribution in [3.8, 4) is 16.9 Å². The van der Waals surface area contributed by atoms with Crippen molar-refractivity contribution in [2.24, 2.45) is 0 Å². The molecule has 0 heterocycles. The molecule has 0 aromatic heterocycles. The lowest BCUT2D eigenvalue weighted by Gasteiger charge is -2.13. The summed E-state index contributed by atoms with van der Waals surface area (Å²) < 4.78 is 10.7. The number of benzene rings is 3. The second-order valence-corrected chi connectivity index (χ2v) is 6.59. The molecule has 0 aliphatic heterocycles. The van der Waals surface area contributed by atoms with Gasteiger partial charge in [-0.2, -0.15) is 0 Å². The molecular formula is C23H25NO3. The predicted octanol–water partition coefficient (Wildman–Crippen LogP) is 4.34. The highest BCUT2D eigenvalue weighted by molar-refractivity contribution is 5.91. The van der Waals surface area contributed by atoms with Gasteiger partial charge in [0, 0.05) is 20.6 Å². The molecule has 1 amide bonds. The average molecular weight is 363 g/mol. The molecule has 4 nitrogen and oxygen atoms in total. The predicted molar refractivity (Wildman–Crippen MR) is 109 cm³/mol. The molecule has 1 N–H and O–H groups in total. The van der Waals surface area contributed by atoms with Crippen LogP contribution < -0.4 is 10.1 Å². The minimum atomic E-state index is -0.0136. The van der Waals surface area contributed by atoms with Crippen molar-refractivity contribution in [2.45, 2.75) is 20.0 Å². The zero-order valence-electron chi connectivity index (χ0n) is 16.0. The van der Waals surface area contributed by atoms with Gasteiger partial charge in [-0.25, -0.2) is 0 Å². The number of hydrogen-bond donors (Lipinski definition) is 1. The first-order valence-corrected chi connectivity index (χ1v) is 9.04. The van der Waals surface area contributed by atoms with Crippen molar-refractivity contribution >= 4 is 16.7 Å². The molecule has 0 atom stereocenters. The molecule has 0 saturated heterocycles. The van der Waals surface area contributed by atoms with E-state index in [-0.39, 0.29) is 5.91 Å². The van der Waals surface area contributed by atoms with Gasteiger partial charge in [0.2, 0.25) is 5.91 Å². The third-order valence-corrected chi connectivity index (χ3v) is 4.59. The van der Waals surface area contributed by atoms with Gasteiger partial charge in [0.15, 0.2) is 0 Å². The summed E-state index contributed by atoms with van der Waals surface area (Å²) in [4.78, 5) is 11.2. The maximum atomic E-state index is 11.2. The lowest BCUT2D eigenvalue weighted by molar-refractivity contribution is -0.118. The Morgan fingerprint density at radius 3 is 2.59 bits per heavy atom. The van der Waals surface area contributed by atoms with Gasteiger partial charge >= 0.3 is 0 Å². The monoisotopic (exact) mass is 363 g/mol. The van der Waals surface area contributed by atoms with Crippen molar-refractivity contribution in [3.63, 3.8) is 0 Å². The molecule has 3 rings (SSSR count). The number of methoxy groups -OCH3 is 2. The van der Waals surface area contributed by atoms with Crippen molar-refractivity contribution in [1.82, 2.24) is 5.32 Å². The molecule has 0 fully saturated rings. The third kappa shape index (κ3) is 4.66. The highest BCUT2D eigenvalue weighted by Gasteiger charge is 2.09. The Kier molecular flexibility index (Phi) is 6.09. The van der Waals surface area contributed by atoms with E-state index in [1.54, 1.807) is 21.1 Å². The Morgan fingerprint density at radius 2 is 1.85 bits per heavy atom. The van der Waals surface area contributed by atoms with Gasteiger partial charge in [0.05, 0.1) is 13.7 Å². The Balaban J connectivity index is 2.05. The van der Waals surface area contributed by atoms with Gasteiger partial charge in [-0.15, -0.1) is 0 Å². The van der Waals surface area contributed by atoms with Crippen LogP contribution in [0.2, 0.25) is 0 Å². The fourth-order valence-electron chi connectivity index (χ4n) is 3.30. The van der Waals surface area contributed by atoms with Crippen LogP contribution in [0.3, 0.4) is 0 Å². The molecule has 3 aromatic carbocycles. The van der Waals surface area contributed by atoms with E-state index < -0.39 is 0 Å². The summed E-state index contributed by atoms with van der Waals surface area (Å²) in [5, 5.41) is 5.19. The summed E-state index contributed by atoms with van der Waals surface area (Å²) >= 11 is 0. The van der Waals surface area contributed by atoms with Crippen LogP contribution in [0.4, 0.5) is 0 Å². The zero-order chi connectivity index (χ0) is 19.2. The summed E-state index contributed by atoms with van der Waals surface area (Å²) in [6, 6.07) is 18.9. The van der Waals surface area contributed by atoms with Crippen molar-refractivity contribution < 1.29 is 14.3 Å². The molecule has 4 heteroatoms. The Morgan fingerprint density at radius 1 is 1.00 bits per heavy atom. The highest BCUT2D eigenvalue weighted by Crippen LogP contribution is 2.31. The number of carbonyl (C=O) groups excluding carboxylic acids is 1. The Bertz CT molecular complexity index is 950. The standard InChI is InChI=1S/C23H25NO3/c1-16(25)24-10-9-20-13-21(18-6-4-5-17(11-18)15-26-2)12-19-7-8-22(27-3)14-23(19)20/h4-8,11-14H,9-10,15H2,1-3H3,(H,24,25). The Hall–Kier alpha value is -2.85. The largest absolute Gasteiger partial charge is 0.497 e. The zero-order valence-corrected chi connectivity index (χ0v) is 16.0. The smallest absolute Gasteiger partial charge is 0.216 e. The normalized spacial score (nSPS) is 10.8. The number of fused-ring (bicyclic) bond motifs is 1. The van der Waals surface area contributed by atoms with E-state index in [0.29, 0.717) is 13.2 Å². The van der Waals surface area contributed by atoms with E-state index in [4.69, 9.17) is 9.47 Å². The van der Waals surface area contributed by atoms with Crippen molar-refractivity contribution in [3.05, 3.63) is 65.7 Å². The van der Waals surface area contributed by atoms with Crippen LogP contribution >= 0.6 is 0 Å². The topological polar surface area (TPSA) is 47.6 Å². The van der Waals surface area contributed by atoms with Gasteiger partial charge in [-0.3, -0.25) is 4.79 Å². The minimum absolute atomic E-state index is 0.0136. The first-order chi connectivity index (χ1) is 13.1. The first kappa shape index (κ1) is 18.9. The van der Waals surface area contributed by atoms with Crippen LogP contribution in [-0.4, -0.2) is 26.7 Å². The molecule has 0 spiro atoms. The van der Waals surface area contributed by atoms with Crippen LogP contribution in [0.5, 0.6) is 5.75 Å². The van der Waals surface area contributed by atoms with E-state index in [0.717, 1.165) is 39.6 Å². The molecular weight excluding hydrogens is 338 g/mol. The summed E-state index contributed by atoms with van der Waals surface area (Å²) in [6.45, 7) is 2.74. The van der Waals surface area contributed by atoms with Gasteiger partial charge in [0.25, 0.3) is 0 Å². The molecule has 27 heavy (non-hydrogen) atoms. The number of hydrogen-bond acceptors (Lipinski definition) is 3. The van der Waals surface area contributed by atoms with E-state index >= 15 is 0 Å². The molecule has 0 aliphatic carbocycles. The molecule has 0 saturated carbocycles. The quantitative estimate of drug-likeness (QED) is 0.679.